The predicted octanol–water partition coefficient (Wildman–Crippen LogP) is 2.49. The average molecular weight is 239 g/mol. The first kappa shape index (κ1) is 11.4. The molecular formula is C12H15ClN2O. The number of hydrogen-bond acceptors (Lipinski definition) is 2. The zero-order valence-corrected chi connectivity index (χ0v) is 10.1. The summed E-state index contributed by atoms with van der Waals surface area (Å²) in [6, 6.07) is 3.78. The van der Waals surface area contributed by atoms with Crippen molar-refractivity contribution in [2.24, 2.45) is 11.7 Å². The van der Waals surface area contributed by atoms with Crippen LogP contribution in [0, 0.1) is 5.92 Å². The predicted molar refractivity (Wildman–Crippen MR) is 65.6 cm³/mol. The maximum absolute atomic E-state index is 11.3. The zero-order valence-electron chi connectivity index (χ0n) is 9.38. The summed E-state index contributed by atoms with van der Waals surface area (Å²) in [6.45, 7) is 4.13. The van der Waals surface area contributed by atoms with E-state index in [1.165, 1.54) is 0 Å². The van der Waals surface area contributed by atoms with Gasteiger partial charge in [-0.1, -0.05) is 31.5 Å². The van der Waals surface area contributed by atoms with Gasteiger partial charge in [-0.25, -0.2) is 0 Å². The first-order valence-corrected chi connectivity index (χ1v) is 5.74. The molecule has 1 unspecified atom stereocenters. The molecule has 1 heterocycles. The molecule has 2 rings (SSSR count). The van der Waals surface area contributed by atoms with E-state index in [9.17, 15) is 4.79 Å². The Morgan fingerprint density at radius 3 is 2.75 bits per heavy atom. The van der Waals surface area contributed by atoms with E-state index >= 15 is 0 Å². The van der Waals surface area contributed by atoms with E-state index in [2.05, 4.69) is 19.2 Å². The van der Waals surface area contributed by atoms with E-state index < -0.39 is 0 Å². The molecule has 86 valence electrons. The summed E-state index contributed by atoms with van der Waals surface area (Å²) in [6.07, 6.45) is 0.397. The minimum absolute atomic E-state index is 0.00725. The topological polar surface area (TPSA) is 55.1 Å². The molecule has 0 fully saturated rings. The second-order valence-corrected chi connectivity index (χ2v) is 4.94. The summed E-state index contributed by atoms with van der Waals surface area (Å²) in [5.41, 5.74) is 8.76. The van der Waals surface area contributed by atoms with Crippen LogP contribution in [0.2, 0.25) is 5.02 Å². The van der Waals surface area contributed by atoms with Crippen molar-refractivity contribution >= 4 is 23.2 Å². The number of rotatable bonds is 2. The van der Waals surface area contributed by atoms with Crippen molar-refractivity contribution in [3.05, 3.63) is 28.3 Å². The number of carbonyl (C=O) groups is 1. The Kier molecular flexibility index (Phi) is 2.91. The highest BCUT2D eigenvalue weighted by Gasteiger charge is 2.22. The molecule has 1 aromatic rings. The first-order chi connectivity index (χ1) is 7.49. The average Bonchev–Trinajstić information content (AvgIpc) is 2.57. The Bertz CT molecular complexity index is 443. The Morgan fingerprint density at radius 2 is 2.12 bits per heavy atom. The van der Waals surface area contributed by atoms with Crippen molar-refractivity contribution in [2.45, 2.75) is 26.3 Å². The summed E-state index contributed by atoms with van der Waals surface area (Å²) in [5, 5.41) is 3.33. The van der Waals surface area contributed by atoms with Gasteiger partial charge in [-0.2, -0.15) is 0 Å². The molecule has 1 aromatic carbocycles. The molecule has 0 saturated heterocycles. The minimum atomic E-state index is -0.0431. The van der Waals surface area contributed by atoms with Crippen LogP contribution in [0.4, 0.5) is 5.69 Å². The van der Waals surface area contributed by atoms with Gasteiger partial charge in [0.1, 0.15) is 0 Å². The van der Waals surface area contributed by atoms with Gasteiger partial charge in [-0.05, 0) is 23.1 Å². The molecular weight excluding hydrogens is 224 g/mol. The summed E-state index contributed by atoms with van der Waals surface area (Å²) in [7, 11) is 0. The highest BCUT2D eigenvalue weighted by atomic mass is 35.5. The third-order valence-corrected chi connectivity index (χ3v) is 3.21. The standard InChI is InChI=1S/C12H15ClN2O/c1-6(2)11(14)7-3-8-5-10(16)15-12(8)9(13)4-7/h3-4,6,11H,5,14H2,1-2H3,(H,15,16). The van der Waals surface area contributed by atoms with Gasteiger partial charge >= 0.3 is 0 Å². The lowest BCUT2D eigenvalue weighted by Gasteiger charge is -2.17. The number of nitrogens with one attached hydrogen (secondary N) is 1. The second-order valence-electron chi connectivity index (χ2n) is 4.53. The normalized spacial score (nSPS) is 16.2. The Balaban J connectivity index is 2.42. The van der Waals surface area contributed by atoms with E-state index in [0.717, 1.165) is 16.8 Å². The van der Waals surface area contributed by atoms with Gasteiger partial charge in [0.25, 0.3) is 0 Å². The van der Waals surface area contributed by atoms with Crippen LogP contribution in [-0.4, -0.2) is 5.91 Å². The third kappa shape index (κ3) is 1.93. The van der Waals surface area contributed by atoms with Gasteiger partial charge in [-0.15, -0.1) is 0 Å². The number of nitrogens with two attached hydrogens (primary N) is 1. The van der Waals surface area contributed by atoms with E-state index in [1.54, 1.807) is 0 Å². The molecule has 3 nitrogen and oxygen atoms in total. The van der Waals surface area contributed by atoms with Gasteiger partial charge in [0.05, 0.1) is 17.1 Å². The second kappa shape index (κ2) is 4.07. The van der Waals surface area contributed by atoms with Crippen molar-refractivity contribution in [3.63, 3.8) is 0 Å². The number of hydrogen-bond donors (Lipinski definition) is 2. The molecule has 0 radical (unpaired) electrons. The summed E-state index contributed by atoms with van der Waals surface area (Å²) in [4.78, 5) is 11.3. The number of carbonyl (C=O) groups excluding carboxylic acids is 1. The van der Waals surface area contributed by atoms with Crippen LogP contribution in [0.3, 0.4) is 0 Å². The largest absolute Gasteiger partial charge is 0.324 e. The molecule has 1 atom stereocenters. The fraction of sp³-hybridized carbons (Fsp3) is 0.417. The van der Waals surface area contributed by atoms with Crippen LogP contribution < -0.4 is 11.1 Å². The van der Waals surface area contributed by atoms with Crippen molar-refractivity contribution in [3.8, 4) is 0 Å². The summed E-state index contributed by atoms with van der Waals surface area (Å²) >= 11 is 6.12. The van der Waals surface area contributed by atoms with Crippen LogP contribution in [0.1, 0.15) is 31.0 Å². The van der Waals surface area contributed by atoms with Crippen molar-refractivity contribution in [2.75, 3.05) is 5.32 Å². The Labute approximate surface area is 100.0 Å². The smallest absolute Gasteiger partial charge is 0.228 e. The maximum Gasteiger partial charge on any atom is 0.228 e. The van der Waals surface area contributed by atoms with E-state index in [-0.39, 0.29) is 11.9 Å². The summed E-state index contributed by atoms with van der Waals surface area (Å²) < 4.78 is 0. The molecule has 1 amide bonds. The highest BCUT2D eigenvalue weighted by molar-refractivity contribution is 6.34. The summed E-state index contributed by atoms with van der Waals surface area (Å²) in [5.74, 6) is 0.339. The first-order valence-electron chi connectivity index (χ1n) is 5.36. The van der Waals surface area contributed by atoms with Crippen LogP contribution in [0.15, 0.2) is 12.1 Å². The Morgan fingerprint density at radius 1 is 1.44 bits per heavy atom. The molecule has 0 saturated carbocycles. The van der Waals surface area contributed by atoms with Gasteiger partial charge < -0.3 is 11.1 Å². The molecule has 0 aliphatic carbocycles. The number of amides is 1. The SMILES string of the molecule is CC(C)C(N)c1cc(Cl)c2c(c1)CC(=O)N2. The number of anilines is 1. The molecule has 1 aliphatic heterocycles. The van der Waals surface area contributed by atoms with E-state index in [0.29, 0.717) is 17.4 Å². The molecule has 1 aliphatic rings. The quantitative estimate of drug-likeness (QED) is 0.832. The third-order valence-electron chi connectivity index (χ3n) is 2.91. The molecule has 0 bridgehead atoms. The van der Waals surface area contributed by atoms with Crippen molar-refractivity contribution in [1.29, 1.82) is 0 Å². The van der Waals surface area contributed by atoms with Crippen molar-refractivity contribution < 1.29 is 4.79 Å². The lowest BCUT2D eigenvalue weighted by atomic mass is 9.95. The monoisotopic (exact) mass is 238 g/mol. The molecule has 16 heavy (non-hydrogen) atoms. The number of halogens is 1. The molecule has 3 N–H and O–H groups in total. The molecule has 4 heteroatoms. The van der Waals surface area contributed by atoms with Crippen molar-refractivity contribution in [1.82, 2.24) is 0 Å². The lowest BCUT2D eigenvalue weighted by Crippen LogP contribution is -2.16. The minimum Gasteiger partial charge on any atom is -0.324 e. The van der Waals surface area contributed by atoms with Crippen LogP contribution in [-0.2, 0) is 11.2 Å². The van der Waals surface area contributed by atoms with E-state index in [1.807, 2.05) is 12.1 Å². The molecule has 0 spiro atoms. The fourth-order valence-electron chi connectivity index (χ4n) is 1.90. The number of fused-ring (bicyclic) bond motifs is 1. The van der Waals surface area contributed by atoms with Crippen LogP contribution in [0.5, 0.6) is 0 Å². The van der Waals surface area contributed by atoms with Gasteiger partial charge in [-0.3, -0.25) is 4.79 Å². The molecule has 0 aromatic heterocycles. The van der Waals surface area contributed by atoms with E-state index in [4.69, 9.17) is 17.3 Å². The Hall–Kier alpha value is -1.06. The van der Waals surface area contributed by atoms with Gasteiger partial charge in [0.15, 0.2) is 0 Å². The zero-order chi connectivity index (χ0) is 11.9. The number of benzene rings is 1. The maximum atomic E-state index is 11.3. The highest BCUT2D eigenvalue weighted by Crippen LogP contribution is 2.34. The van der Waals surface area contributed by atoms with Gasteiger partial charge in [0.2, 0.25) is 5.91 Å². The van der Waals surface area contributed by atoms with Crippen LogP contribution >= 0.6 is 11.6 Å². The van der Waals surface area contributed by atoms with Crippen LogP contribution in [0.25, 0.3) is 0 Å². The lowest BCUT2D eigenvalue weighted by molar-refractivity contribution is -0.115. The van der Waals surface area contributed by atoms with Gasteiger partial charge in [0, 0.05) is 6.04 Å². The fourth-order valence-corrected chi connectivity index (χ4v) is 2.19.